The molecule has 5 rings (SSSR count). The van der Waals surface area contributed by atoms with Gasteiger partial charge in [-0.3, -0.25) is 0 Å². The van der Waals surface area contributed by atoms with E-state index in [2.05, 4.69) is 0 Å². The highest BCUT2D eigenvalue weighted by molar-refractivity contribution is 7.20. The maximum Gasteiger partial charge on any atom is 0.0992 e. The van der Waals surface area contributed by atoms with E-state index < -0.39 is 0 Å². The molecule has 19 heavy (non-hydrogen) atoms. The van der Waals surface area contributed by atoms with Crippen molar-refractivity contribution >= 4 is 34.5 Å². The molecule has 0 spiro atoms. The van der Waals surface area contributed by atoms with E-state index in [0.717, 1.165) is 32.0 Å². The topological polar surface area (TPSA) is 26.0 Å². The standard InChI is InChI=1S/C15H19Cl2NS/c16-12-4-11(14(17)19-12)13(18)15-5-8-1-9(6-15)3-10(2-8)7-15/h4,8-10,13H,1-3,5-7,18H2. The van der Waals surface area contributed by atoms with Gasteiger partial charge in [-0.1, -0.05) is 23.2 Å². The third-order valence-electron chi connectivity index (χ3n) is 5.76. The van der Waals surface area contributed by atoms with Crippen LogP contribution in [-0.4, -0.2) is 0 Å². The molecular formula is C15H19Cl2NS. The van der Waals surface area contributed by atoms with Crippen LogP contribution in [0.15, 0.2) is 6.07 Å². The second kappa shape index (κ2) is 4.37. The zero-order valence-electron chi connectivity index (χ0n) is 10.9. The van der Waals surface area contributed by atoms with E-state index in [1.807, 2.05) is 6.07 Å². The summed E-state index contributed by atoms with van der Waals surface area (Å²) in [7, 11) is 0. The van der Waals surface area contributed by atoms with Gasteiger partial charge in [0, 0.05) is 11.6 Å². The van der Waals surface area contributed by atoms with Crippen molar-refractivity contribution in [3.8, 4) is 0 Å². The van der Waals surface area contributed by atoms with Crippen LogP contribution in [0.1, 0.15) is 50.1 Å². The molecule has 1 nitrogen and oxygen atoms in total. The van der Waals surface area contributed by atoms with Gasteiger partial charge in [0.15, 0.2) is 0 Å². The zero-order chi connectivity index (χ0) is 13.2. The summed E-state index contributed by atoms with van der Waals surface area (Å²) < 4.78 is 1.56. The normalized spacial score (nSPS) is 41.7. The molecule has 104 valence electrons. The van der Waals surface area contributed by atoms with Crippen LogP contribution in [0, 0.1) is 23.2 Å². The highest BCUT2D eigenvalue weighted by Crippen LogP contribution is 2.64. The first-order chi connectivity index (χ1) is 9.06. The van der Waals surface area contributed by atoms with Crippen molar-refractivity contribution in [2.75, 3.05) is 0 Å². The summed E-state index contributed by atoms with van der Waals surface area (Å²) >= 11 is 13.9. The van der Waals surface area contributed by atoms with E-state index in [1.165, 1.54) is 49.9 Å². The van der Waals surface area contributed by atoms with E-state index in [4.69, 9.17) is 28.9 Å². The average molecular weight is 316 g/mol. The Balaban J connectivity index is 1.69. The summed E-state index contributed by atoms with van der Waals surface area (Å²) in [6.07, 6.45) is 8.27. The van der Waals surface area contributed by atoms with Crippen molar-refractivity contribution in [2.24, 2.45) is 28.9 Å². The Morgan fingerprint density at radius 2 is 1.63 bits per heavy atom. The van der Waals surface area contributed by atoms with E-state index in [1.54, 1.807) is 0 Å². The lowest BCUT2D eigenvalue weighted by molar-refractivity contribution is -0.0677. The Kier molecular flexibility index (Phi) is 2.97. The zero-order valence-corrected chi connectivity index (χ0v) is 13.2. The largest absolute Gasteiger partial charge is 0.323 e. The van der Waals surface area contributed by atoms with Crippen LogP contribution < -0.4 is 5.73 Å². The molecule has 0 saturated heterocycles. The number of nitrogens with two attached hydrogens (primary N) is 1. The van der Waals surface area contributed by atoms with Crippen LogP contribution in [0.2, 0.25) is 8.67 Å². The van der Waals surface area contributed by atoms with Gasteiger partial charge in [0.05, 0.1) is 8.67 Å². The van der Waals surface area contributed by atoms with Crippen LogP contribution in [0.25, 0.3) is 0 Å². The van der Waals surface area contributed by atoms with Crippen molar-refractivity contribution < 1.29 is 0 Å². The monoisotopic (exact) mass is 315 g/mol. The Morgan fingerprint density at radius 1 is 1.11 bits per heavy atom. The quantitative estimate of drug-likeness (QED) is 0.790. The molecule has 1 unspecified atom stereocenters. The molecular weight excluding hydrogens is 297 g/mol. The molecule has 0 aliphatic heterocycles. The Morgan fingerprint density at radius 3 is 2.05 bits per heavy atom. The van der Waals surface area contributed by atoms with Crippen LogP contribution in [0.5, 0.6) is 0 Å². The molecule has 1 aromatic heterocycles. The minimum atomic E-state index is 0.0807. The molecule has 0 aromatic carbocycles. The second-order valence-electron chi connectivity index (χ2n) is 7.04. The summed E-state index contributed by atoms with van der Waals surface area (Å²) in [5.41, 5.74) is 8.08. The fraction of sp³-hybridized carbons (Fsp3) is 0.733. The van der Waals surface area contributed by atoms with Gasteiger partial charge in [-0.05, 0) is 67.8 Å². The molecule has 1 atom stereocenters. The first-order valence-corrected chi connectivity index (χ1v) is 8.83. The van der Waals surface area contributed by atoms with Gasteiger partial charge >= 0.3 is 0 Å². The first kappa shape index (κ1) is 12.9. The van der Waals surface area contributed by atoms with E-state index in [9.17, 15) is 0 Å². The number of hydrogen-bond donors (Lipinski definition) is 1. The maximum atomic E-state index is 6.67. The van der Waals surface area contributed by atoms with Crippen molar-refractivity contribution in [2.45, 2.75) is 44.6 Å². The molecule has 0 radical (unpaired) electrons. The van der Waals surface area contributed by atoms with Crippen molar-refractivity contribution in [3.05, 3.63) is 20.3 Å². The molecule has 4 bridgehead atoms. The fourth-order valence-electron chi connectivity index (χ4n) is 5.45. The van der Waals surface area contributed by atoms with Gasteiger partial charge in [0.2, 0.25) is 0 Å². The van der Waals surface area contributed by atoms with Gasteiger partial charge < -0.3 is 5.73 Å². The van der Waals surface area contributed by atoms with E-state index >= 15 is 0 Å². The van der Waals surface area contributed by atoms with Crippen LogP contribution >= 0.6 is 34.5 Å². The SMILES string of the molecule is NC(c1cc(Cl)sc1Cl)C12CC3CC(CC(C3)C1)C2. The third kappa shape index (κ3) is 1.98. The predicted octanol–water partition coefficient (Wildman–Crippen LogP) is 5.27. The van der Waals surface area contributed by atoms with Gasteiger partial charge in [-0.2, -0.15) is 0 Å². The molecule has 0 amide bonds. The average Bonchev–Trinajstić information content (AvgIpc) is 2.65. The first-order valence-electron chi connectivity index (χ1n) is 7.26. The lowest BCUT2D eigenvalue weighted by Gasteiger charge is -2.59. The fourth-order valence-corrected chi connectivity index (χ4v) is 7.00. The number of thiophene rings is 1. The smallest absolute Gasteiger partial charge is 0.0992 e. The van der Waals surface area contributed by atoms with Gasteiger partial charge in [0.25, 0.3) is 0 Å². The summed E-state index contributed by atoms with van der Waals surface area (Å²) in [4.78, 5) is 0. The highest BCUT2D eigenvalue weighted by Gasteiger charge is 2.54. The molecule has 4 heteroatoms. The summed E-state index contributed by atoms with van der Waals surface area (Å²) in [6.45, 7) is 0. The third-order valence-corrected chi connectivity index (χ3v) is 7.28. The van der Waals surface area contributed by atoms with Crippen LogP contribution in [0.4, 0.5) is 0 Å². The molecule has 4 aliphatic rings. The molecule has 1 heterocycles. The second-order valence-corrected chi connectivity index (χ2v) is 9.32. The molecule has 1 aromatic rings. The number of halogens is 2. The van der Waals surface area contributed by atoms with Crippen LogP contribution in [0.3, 0.4) is 0 Å². The van der Waals surface area contributed by atoms with Gasteiger partial charge in [0.1, 0.15) is 0 Å². The molecule has 4 fully saturated rings. The summed E-state index contributed by atoms with van der Waals surface area (Å²) in [5.74, 6) is 2.76. The summed E-state index contributed by atoms with van der Waals surface area (Å²) in [5, 5.41) is 0. The summed E-state index contributed by atoms with van der Waals surface area (Å²) in [6, 6.07) is 2.08. The molecule has 2 N–H and O–H groups in total. The predicted molar refractivity (Wildman–Crippen MR) is 81.9 cm³/mol. The number of rotatable bonds is 2. The molecule has 4 aliphatic carbocycles. The van der Waals surface area contributed by atoms with Gasteiger partial charge in [-0.15, -0.1) is 11.3 Å². The molecule has 4 saturated carbocycles. The highest BCUT2D eigenvalue weighted by atomic mass is 35.5. The van der Waals surface area contributed by atoms with Crippen molar-refractivity contribution in [1.29, 1.82) is 0 Å². The lowest BCUT2D eigenvalue weighted by Crippen LogP contribution is -2.50. The van der Waals surface area contributed by atoms with Crippen LogP contribution in [-0.2, 0) is 0 Å². The van der Waals surface area contributed by atoms with Gasteiger partial charge in [-0.25, -0.2) is 0 Å². The minimum absolute atomic E-state index is 0.0807. The van der Waals surface area contributed by atoms with E-state index in [-0.39, 0.29) is 6.04 Å². The number of hydrogen-bond acceptors (Lipinski definition) is 2. The lowest BCUT2D eigenvalue weighted by atomic mass is 9.47. The van der Waals surface area contributed by atoms with Crippen molar-refractivity contribution in [3.63, 3.8) is 0 Å². The Labute approximate surface area is 128 Å². The van der Waals surface area contributed by atoms with Crippen molar-refractivity contribution in [1.82, 2.24) is 0 Å². The minimum Gasteiger partial charge on any atom is -0.323 e. The van der Waals surface area contributed by atoms with E-state index in [0.29, 0.717) is 5.41 Å². The Hall–Kier alpha value is 0.240. The maximum absolute atomic E-state index is 6.67. The Bertz CT molecular complexity index is 475.